The van der Waals surface area contributed by atoms with Gasteiger partial charge in [-0.05, 0) is 18.2 Å². The molecule has 0 saturated heterocycles. The number of nitrogens with two attached hydrogens (primary N) is 1. The summed E-state index contributed by atoms with van der Waals surface area (Å²) >= 11 is 4.68. The second-order valence-electron chi connectivity index (χ2n) is 1.68. The molecular weight excluding hydrogens is 176 g/mol. The van der Waals surface area contributed by atoms with E-state index in [0.717, 1.165) is 0 Å². The van der Waals surface area contributed by atoms with Crippen molar-refractivity contribution in [3.8, 4) is 0 Å². The molecule has 1 aromatic rings. The van der Waals surface area contributed by atoms with Crippen LogP contribution >= 0.6 is 0 Å². The number of nitrogen functional groups attached to an aromatic ring is 1. The Hall–Kier alpha value is 0.806. The van der Waals surface area contributed by atoms with E-state index in [1.807, 2.05) is 0 Å². The zero-order valence-corrected chi connectivity index (χ0v) is 9.54. The summed E-state index contributed by atoms with van der Waals surface area (Å²) in [6.07, 6.45) is 0. The van der Waals surface area contributed by atoms with Gasteiger partial charge in [-0.15, -0.1) is 4.90 Å². The van der Waals surface area contributed by atoms with Crippen molar-refractivity contribution in [3.63, 3.8) is 0 Å². The van der Waals surface area contributed by atoms with E-state index in [-0.39, 0.29) is 57.2 Å². The molecule has 0 aliphatic rings. The molecule has 48 valence electrons. The van der Waals surface area contributed by atoms with Gasteiger partial charge in [0, 0.05) is 5.69 Å². The Morgan fingerprint density at radius 2 is 2.00 bits per heavy atom. The SMILES string of the molecule is Nc1ccc(F)cc1[S-].[K+]. The standard InChI is InChI=1S/C6H6FNS.K/c7-4-1-2-5(8)6(9)3-4;/h1-3,9H,8H2;/q;+1/p-1. The van der Waals surface area contributed by atoms with Crippen molar-refractivity contribution in [1.29, 1.82) is 0 Å². The average molecular weight is 181 g/mol. The molecule has 0 unspecified atom stereocenters. The van der Waals surface area contributed by atoms with Crippen molar-refractivity contribution in [2.24, 2.45) is 0 Å². The predicted molar refractivity (Wildman–Crippen MR) is 36.4 cm³/mol. The number of anilines is 1. The summed E-state index contributed by atoms with van der Waals surface area (Å²) < 4.78 is 12.2. The Balaban J connectivity index is 0.000000810. The van der Waals surface area contributed by atoms with Gasteiger partial charge in [-0.3, -0.25) is 0 Å². The molecule has 0 aromatic heterocycles. The quantitative estimate of drug-likeness (QED) is 0.294. The molecule has 10 heavy (non-hydrogen) atoms. The number of hydrogen-bond donors (Lipinski definition) is 1. The van der Waals surface area contributed by atoms with Crippen LogP contribution in [-0.4, -0.2) is 0 Å². The third-order valence-electron chi connectivity index (χ3n) is 0.976. The molecule has 0 spiro atoms. The predicted octanol–water partition coefficient (Wildman–Crippen LogP) is -1.68. The van der Waals surface area contributed by atoms with Gasteiger partial charge in [0.2, 0.25) is 0 Å². The van der Waals surface area contributed by atoms with Gasteiger partial charge in [-0.1, -0.05) is 0 Å². The van der Waals surface area contributed by atoms with Gasteiger partial charge < -0.3 is 18.4 Å². The van der Waals surface area contributed by atoms with Crippen molar-refractivity contribution >= 4 is 18.3 Å². The van der Waals surface area contributed by atoms with Crippen molar-refractivity contribution in [3.05, 3.63) is 24.0 Å². The first-order valence-corrected chi connectivity index (χ1v) is 2.83. The number of rotatable bonds is 0. The van der Waals surface area contributed by atoms with Crippen LogP contribution in [-0.2, 0) is 12.6 Å². The summed E-state index contributed by atoms with van der Waals surface area (Å²) in [4.78, 5) is 0.370. The first kappa shape index (κ1) is 10.8. The first-order valence-electron chi connectivity index (χ1n) is 2.42. The Morgan fingerprint density at radius 1 is 1.40 bits per heavy atom. The molecule has 1 nitrogen and oxygen atoms in total. The van der Waals surface area contributed by atoms with Gasteiger partial charge in [-0.25, -0.2) is 4.39 Å². The molecule has 0 amide bonds. The fourth-order valence-electron chi connectivity index (χ4n) is 0.508. The van der Waals surface area contributed by atoms with E-state index in [1.54, 1.807) is 0 Å². The minimum Gasteiger partial charge on any atom is -0.778 e. The third kappa shape index (κ3) is 2.82. The molecule has 1 rings (SSSR count). The van der Waals surface area contributed by atoms with Crippen LogP contribution in [0.15, 0.2) is 23.1 Å². The van der Waals surface area contributed by atoms with E-state index in [4.69, 9.17) is 5.73 Å². The van der Waals surface area contributed by atoms with Gasteiger partial charge in [0.25, 0.3) is 0 Å². The Bertz CT molecular complexity index is 229. The molecule has 0 saturated carbocycles. The van der Waals surface area contributed by atoms with Crippen molar-refractivity contribution in [2.75, 3.05) is 5.73 Å². The van der Waals surface area contributed by atoms with Crippen molar-refractivity contribution in [1.82, 2.24) is 0 Å². The molecule has 1 aromatic carbocycles. The summed E-state index contributed by atoms with van der Waals surface area (Å²) in [7, 11) is 0. The molecule has 0 fully saturated rings. The molecule has 0 heterocycles. The zero-order chi connectivity index (χ0) is 6.85. The maximum absolute atomic E-state index is 12.2. The third-order valence-corrected chi connectivity index (χ3v) is 1.33. The Kier molecular flexibility index (Phi) is 5.01. The van der Waals surface area contributed by atoms with Gasteiger partial charge in [-0.2, -0.15) is 0 Å². The second kappa shape index (κ2) is 4.64. The van der Waals surface area contributed by atoms with Crippen LogP contribution in [0.3, 0.4) is 0 Å². The van der Waals surface area contributed by atoms with E-state index >= 15 is 0 Å². The maximum atomic E-state index is 12.2. The van der Waals surface area contributed by atoms with Crippen molar-refractivity contribution < 1.29 is 55.8 Å². The van der Waals surface area contributed by atoms with Crippen LogP contribution in [0, 0.1) is 5.82 Å². The van der Waals surface area contributed by atoms with E-state index < -0.39 is 0 Å². The smallest absolute Gasteiger partial charge is 0.778 e. The molecule has 0 atom stereocenters. The topological polar surface area (TPSA) is 26.0 Å². The molecule has 4 heteroatoms. The fraction of sp³-hybridized carbons (Fsp3) is 0. The van der Waals surface area contributed by atoms with Gasteiger partial charge >= 0.3 is 51.4 Å². The fourth-order valence-corrected chi connectivity index (χ4v) is 0.689. The first-order chi connectivity index (χ1) is 4.20. The van der Waals surface area contributed by atoms with Crippen LogP contribution in [0.4, 0.5) is 10.1 Å². The molecule has 2 N–H and O–H groups in total. The summed E-state index contributed by atoms with van der Waals surface area (Å²) in [5.74, 6) is -0.339. The zero-order valence-electron chi connectivity index (χ0n) is 5.60. The average Bonchev–Trinajstić information content (AvgIpc) is 1.80. The van der Waals surface area contributed by atoms with Crippen LogP contribution in [0.2, 0.25) is 0 Å². The van der Waals surface area contributed by atoms with Crippen LogP contribution < -0.4 is 57.1 Å². The van der Waals surface area contributed by atoms with E-state index in [9.17, 15) is 4.39 Å². The van der Waals surface area contributed by atoms with E-state index in [0.29, 0.717) is 10.6 Å². The molecule has 0 aliphatic carbocycles. The normalized spacial score (nSPS) is 8.50. The molecule has 0 radical (unpaired) electrons. The summed E-state index contributed by atoms with van der Waals surface area (Å²) in [5, 5.41) is 0. The van der Waals surface area contributed by atoms with E-state index in [2.05, 4.69) is 12.6 Å². The van der Waals surface area contributed by atoms with Gasteiger partial charge in [0.05, 0.1) is 0 Å². The number of benzene rings is 1. The van der Waals surface area contributed by atoms with Crippen molar-refractivity contribution in [2.45, 2.75) is 4.90 Å². The van der Waals surface area contributed by atoms with Gasteiger partial charge in [0.1, 0.15) is 5.82 Å². The van der Waals surface area contributed by atoms with Crippen LogP contribution in [0.5, 0.6) is 0 Å². The largest absolute Gasteiger partial charge is 1.00 e. The molecular formula is C6H5FKNS. The minimum atomic E-state index is -0.339. The van der Waals surface area contributed by atoms with Crippen LogP contribution in [0.25, 0.3) is 0 Å². The molecule has 0 bridgehead atoms. The summed E-state index contributed by atoms with van der Waals surface area (Å²) in [6.45, 7) is 0. The monoisotopic (exact) mass is 181 g/mol. The van der Waals surface area contributed by atoms with Gasteiger partial charge in [0.15, 0.2) is 0 Å². The molecule has 0 aliphatic heterocycles. The second-order valence-corrected chi connectivity index (χ2v) is 2.12. The maximum Gasteiger partial charge on any atom is 1.00 e. The number of hydrogen-bond acceptors (Lipinski definition) is 2. The summed E-state index contributed by atoms with van der Waals surface area (Å²) in [6, 6.07) is 3.97. The number of halogens is 1. The Morgan fingerprint density at radius 3 is 2.40 bits per heavy atom. The van der Waals surface area contributed by atoms with Crippen LogP contribution in [0.1, 0.15) is 0 Å². The summed E-state index contributed by atoms with van der Waals surface area (Å²) in [5.41, 5.74) is 5.77. The van der Waals surface area contributed by atoms with E-state index in [1.165, 1.54) is 18.2 Å². The minimum absolute atomic E-state index is 0. The Labute approximate surface area is 107 Å².